The number of amides is 2. The van der Waals surface area contributed by atoms with Gasteiger partial charge in [-0.15, -0.1) is 0 Å². The van der Waals surface area contributed by atoms with Gasteiger partial charge < -0.3 is 16.4 Å². The fourth-order valence-corrected chi connectivity index (χ4v) is 1.31. The van der Waals surface area contributed by atoms with Crippen molar-refractivity contribution < 1.29 is 9.59 Å². The zero-order valence-electron chi connectivity index (χ0n) is 10.2. The quantitative estimate of drug-likeness (QED) is 0.518. The van der Waals surface area contributed by atoms with Gasteiger partial charge in [-0.2, -0.15) is 0 Å². The maximum Gasteiger partial charge on any atom is 0.242 e. The molecule has 0 aromatic rings. The number of likely N-dealkylation sites (N-methyl/N-ethyl adjacent to an activating group) is 1. The zero-order valence-corrected chi connectivity index (χ0v) is 10.2. The molecule has 0 aliphatic heterocycles. The van der Waals surface area contributed by atoms with Crippen LogP contribution in [0.15, 0.2) is 0 Å². The van der Waals surface area contributed by atoms with Crippen molar-refractivity contribution in [1.82, 2.24) is 10.6 Å². The second-order valence-electron chi connectivity index (χ2n) is 3.78. The van der Waals surface area contributed by atoms with Gasteiger partial charge in [0.15, 0.2) is 0 Å². The number of hydrogen-bond donors (Lipinski definition) is 3. The third kappa shape index (κ3) is 7.23. The molecular formula is C11H23N3O2. The first-order valence-corrected chi connectivity index (χ1v) is 5.89. The number of carbonyl (C=O) groups excluding carboxylic acids is 2. The predicted molar refractivity (Wildman–Crippen MR) is 63.8 cm³/mol. The highest BCUT2D eigenvalue weighted by Gasteiger charge is 2.13. The lowest BCUT2D eigenvalue weighted by atomic mass is 10.2. The van der Waals surface area contributed by atoms with Crippen molar-refractivity contribution >= 4 is 11.8 Å². The molecule has 5 nitrogen and oxygen atoms in total. The van der Waals surface area contributed by atoms with Crippen LogP contribution < -0.4 is 16.4 Å². The Labute approximate surface area is 97.2 Å². The Hall–Kier alpha value is -1.10. The number of nitrogens with two attached hydrogens (primary N) is 1. The van der Waals surface area contributed by atoms with Gasteiger partial charge in [0.2, 0.25) is 11.8 Å². The number of unbranched alkanes of at least 4 members (excludes halogenated alkanes) is 2. The first-order valence-electron chi connectivity index (χ1n) is 5.89. The van der Waals surface area contributed by atoms with Crippen LogP contribution in [0.2, 0.25) is 0 Å². The molecule has 0 bridgehead atoms. The van der Waals surface area contributed by atoms with Gasteiger partial charge >= 0.3 is 0 Å². The monoisotopic (exact) mass is 229 g/mol. The standard InChI is InChI=1S/C11H23N3O2/c1-3-13-11(16)9(2)14-10(15)7-5-4-6-8-12/h9H,3-8,12H2,1-2H3,(H,13,16)(H,14,15). The Kier molecular flexibility index (Phi) is 8.52. The summed E-state index contributed by atoms with van der Waals surface area (Å²) in [5, 5.41) is 5.32. The van der Waals surface area contributed by atoms with E-state index in [4.69, 9.17) is 5.73 Å². The zero-order chi connectivity index (χ0) is 12.4. The number of hydrogen-bond acceptors (Lipinski definition) is 3. The minimum atomic E-state index is -0.457. The summed E-state index contributed by atoms with van der Waals surface area (Å²) in [6, 6.07) is -0.457. The molecule has 0 spiro atoms. The lowest BCUT2D eigenvalue weighted by Crippen LogP contribution is -2.44. The molecule has 0 saturated carbocycles. The van der Waals surface area contributed by atoms with Gasteiger partial charge in [-0.3, -0.25) is 9.59 Å². The van der Waals surface area contributed by atoms with Gasteiger partial charge in [0.05, 0.1) is 0 Å². The van der Waals surface area contributed by atoms with Gasteiger partial charge in [0, 0.05) is 13.0 Å². The molecule has 94 valence electrons. The average Bonchev–Trinajstić information content (AvgIpc) is 2.24. The van der Waals surface area contributed by atoms with Crippen LogP contribution in [-0.2, 0) is 9.59 Å². The summed E-state index contributed by atoms with van der Waals surface area (Å²) in [7, 11) is 0. The van der Waals surface area contributed by atoms with Crippen molar-refractivity contribution in [2.45, 2.75) is 45.6 Å². The first-order chi connectivity index (χ1) is 7.61. The minimum absolute atomic E-state index is 0.0734. The third-order valence-corrected chi connectivity index (χ3v) is 2.23. The molecule has 0 fully saturated rings. The summed E-state index contributed by atoms with van der Waals surface area (Å²) in [6.45, 7) is 4.77. The predicted octanol–water partition coefficient (Wildman–Crippen LogP) is 0.146. The van der Waals surface area contributed by atoms with Crippen molar-refractivity contribution in [1.29, 1.82) is 0 Å². The molecule has 0 radical (unpaired) electrons. The molecule has 0 rings (SSSR count). The van der Waals surface area contributed by atoms with Crippen LogP contribution in [0.1, 0.15) is 39.5 Å². The highest BCUT2D eigenvalue weighted by molar-refractivity contribution is 5.87. The topological polar surface area (TPSA) is 84.2 Å². The van der Waals surface area contributed by atoms with Crippen molar-refractivity contribution in [3.05, 3.63) is 0 Å². The van der Waals surface area contributed by atoms with Crippen molar-refractivity contribution in [2.75, 3.05) is 13.1 Å². The van der Waals surface area contributed by atoms with E-state index >= 15 is 0 Å². The van der Waals surface area contributed by atoms with Gasteiger partial charge in [-0.05, 0) is 33.2 Å². The molecule has 4 N–H and O–H groups in total. The van der Waals surface area contributed by atoms with E-state index in [2.05, 4.69) is 10.6 Å². The second kappa shape index (κ2) is 9.15. The van der Waals surface area contributed by atoms with E-state index in [9.17, 15) is 9.59 Å². The number of carbonyl (C=O) groups is 2. The highest BCUT2D eigenvalue weighted by atomic mass is 16.2. The van der Waals surface area contributed by atoms with E-state index in [1.165, 1.54) is 0 Å². The van der Waals surface area contributed by atoms with Crippen LogP contribution in [0.5, 0.6) is 0 Å². The third-order valence-electron chi connectivity index (χ3n) is 2.23. The molecule has 0 aliphatic carbocycles. The van der Waals surface area contributed by atoms with E-state index in [1.54, 1.807) is 6.92 Å². The molecule has 16 heavy (non-hydrogen) atoms. The summed E-state index contributed by atoms with van der Waals surface area (Å²) in [4.78, 5) is 22.7. The smallest absolute Gasteiger partial charge is 0.242 e. The van der Waals surface area contributed by atoms with Crippen LogP contribution in [0.4, 0.5) is 0 Å². The normalized spacial score (nSPS) is 11.9. The van der Waals surface area contributed by atoms with Gasteiger partial charge in [-0.25, -0.2) is 0 Å². The average molecular weight is 229 g/mol. The fraction of sp³-hybridized carbons (Fsp3) is 0.818. The molecule has 0 heterocycles. The van der Waals surface area contributed by atoms with Crippen LogP contribution in [0, 0.1) is 0 Å². The molecule has 0 aromatic carbocycles. The fourth-order valence-electron chi connectivity index (χ4n) is 1.31. The number of rotatable bonds is 8. The lowest BCUT2D eigenvalue weighted by molar-refractivity contribution is -0.128. The molecule has 5 heteroatoms. The summed E-state index contributed by atoms with van der Waals surface area (Å²) >= 11 is 0. The SMILES string of the molecule is CCNC(=O)C(C)NC(=O)CCCCCN. The van der Waals surface area contributed by atoms with Gasteiger partial charge in [-0.1, -0.05) is 6.42 Å². The maximum atomic E-state index is 11.4. The van der Waals surface area contributed by atoms with Crippen LogP contribution >= 0.6 is 0 Å². The summed E-state index contributed by atoms with van der Waals surface area (Å²) in [5.74, 6) is -0.214. The Morgan fingerprint density at radius 2 is 1.94 bits per heavy atom. The van der Waals surface area contributed by atoms with Gasteiger partial charge in [0.1, 0.15) is 6.04 Å². The first kappa shape index (κ1) is 14.9. The lowest BCUT2D eigenvalue weighted by Gasteiger charge is -2.13. The summed E-state index contributed by atoms with van der Waals surface area (Å²) in [5.41, 5.74) is 5.35. The molecular weight excluding hydrogens is 206 g/mol. The molecule has 2 amide bonds. The molecule has 0 aromatic heterocycles. The van der Waals surface area contributed by atoms with Crippen molar-refractivity contribution in [2.24, 2.45) is 5.73 Å². The molecule has 0 saturated heterocycles. The Morgan fingerprint density at radius 3 is 2.50 bits per heavy atom. The van der Waals surface area contributed by atoms with Crippen LogP contribution in [-0.4, -0.2) is 30.9 Å². The second-order valence-corrected chi connectivity index (χ2v) is 3.78. The van der Waals surface area contributed by atoms with Crippen LogP contribution in [0.3, 0.4) is 0 Å². The minimum Gasteiger partial charge on any atom is -0.355 e. The van der Waals surface area contributed by atoms with E-state index in [0.717, 1.165) is 19.3 Å². The molecule has 0 aliphatic rings. The van der Waals surface area contributed by atoms with E-state index in [1.807, 2.05) is 6.92 Å². The van der Waals surface area contributed by atoms with Crippen LogP contribution in [0.25, 0.3) is 0 Å². The maximum absolute atomic E-state index is 11.4. The highest BCUT2D eigenvalue weighted by Crippen LogP contribution is 1.98. The summed E-state index contributed by atoms with van der Waals surface area (Å²) < 4.78 is 0. The van der Waals surface area contributed by atoms with Crippen molar-refractivity contribution in [3.8, 4) is 0 Å². The van der Waals surface area contributed by atoms with Crippen molar-refractivity contribution in [3.63, 3.8) is 0 Å². The summed E-state index contributed by atoms with van der Waals surface area (Å²) in [6.07, 6.45) is 3.19. The largest absolute Gasteiger partial charge is 0.355 e. The molecule has 1 unspecified atom stereocenters. The van der Waals surface area contributed by atoms with E-state index in [0.29, 0.717) is 19.5 Å². The van der Waals surface area contributed by atoms with E-state index < -0.39 is 6.04 Å². The molecule has 1 atom stereocenters. The van der Waals surface area contributed by atoms with Gasteiger partial charge in [0.25, 0.3) is 0 Å². The Morgan fingerprint density at radius 1 is 1.25 bits per heavy atom. The Balaban J connectivity index is 3.65. The Bertz CT molecular complexity index is 219. The number of nitrogens with one attached hydrogen (secondary N) is 2. The van der Waals surface area contributed by atoms with E-state index in [-0.39, 0.29) is 11.8 Å².